The fraction of sp³-hybridized carbons (Fsp3) is 0.333. The highest BCUT2D eigenvalue weighted by atomic mass is 35.5. The lowest BCUT2D eigenvalue weighted by molar-refractivity contribution is -0.885. The number of carbonyl (C=O) groups excluding carboxylic acids is 2. The molecule has 0 aliphatic heterocycles. The fourth-order valence-corrected chi connectivity index (χ4v) is 3.12. The van der Waals surface area contributed by atoms with Gasteiger partial charge in [0.15, 0.2) is 6.54 Å². The topological polar surface area (TPSA) is 53.9 Å². The molecule has 2 N–H and O–H groups in total. The van der Waals surface area contributed by atoms with E-state index in [0.717, 1.165) is 27.3 Å². The van der Waals surface area contributed by atoms with Gasteiger partial charge in [-0.2, -0.15) is 0 Å². The van der Waals surface area contributed by atoms with Crippen molar-refractivity contribution in [3.63, 3.8) is 0 Å². The zero-order chi connectivity index (χ0) is 20.0. The molecule has 0 saturated carbocycles. The summed E-state index contributed by atoms with van der Waals surface area (Å²) in [7, 11) is 3.58. The summed E-state index contributed by atoms with van der Waals surface area (Å²) >= 11 is 6.18. The molecule has 144 valence electrons. The molecule has 1 atom stereocenters. The number of para-hydroxylation sites is 1. The molecular weight excluding hydrogens is 362 g/mol. The van der Waals surface area contributed by atoms with Crippen LogP contribution in [0.3, 0.4) is 0 Å². The van der Waals surface area contributed by atoms with Crippen LogP contribution in [0.15, 0.2) is 42.5 Å². The number of amides is 2. The largest absolute Gasteiger partial charge is 0.332 e. The maximum absolute atomic E-state index is 12.4. The lowest BCUT2D eigenvalue weighted by Gasteiger charge is -2.20. The van der Waals surface area contributed by atoms with Crippen molar-refractivity contribution in [2.45, 2.75) is 20.4 Å². The highest BCUT2D eigenvalue weighted by Gasteiger charge is 2.18. The zero-order valence-corrected chi connectivity index (χ0v) is 17.1. The minimum atomic E-state index is -0.202. The number of anilines is 1. The SMILES string of the molecule is Cc1cccc(C)c1NC(=O)CN(C)C(=O)C[NH+](C)Cc1ccccc1Cl. The van der Waals surface area contributed by atoms with Crippen LogP contribution in [0.2, 0.25) is 5.02 Å². The standard InChI is InChI=1S/C21H26ClN3O2/c1-15-8-7-9-16(2)21(15)23-19(26)13-25(4)20(27)14-24(3)12-17-10-5-6-11-18(17)22/h5-11H,12-14H2,1-4H3,(H,23,26)/p+1. The van der Waals surface area contributed by atoms with Gasteiger partial charge < -0.3 is 15.1 Å². The van der Waals surface area contributed by atoms with E-state index in [1.807, 2.05) is 63.4 Å². The Kier molecular flexibility index (Phi) is 7.39. The number of nitrogens with one attached hydrogen (secondary N) is 2. The Morgan fingerprint density at radius 1 is 1.07 bits per heavy atom. The molecule has 2 amide bonds. The van der Waals surface area contributed by atoms with Crippen LogP contribution in [0.1, 0.15) is 16.7 Å². The van der Waals surface area contributed by atoms with Gasteiger partial charge in [-0.1, -0.05) is 48.0 Å². The first-order chi connectivity index (χ1) is 12.8. The molecule has 0 heterocycles. The molecule has 0 saturated heterocycles. The highest BCUT2D eigenvalue weighted by Crippen LogP contribution is 2.19. The molecule has 27 heavy (non-hydrogen) atoms. The molecule has 6 heteroatoms. The predicted molar refractivity (Wildman–Crippen MR) is 109 cm³/mol. The van der Waals surface area contributed by atoms with Crippen LogP contribution in [-0.4, -0.2) is 43.9 Å². The Balaban J connectivity index is 1.87. The van der Waals surface area contributed by atoms with E-state index in [1.54, 1.807) is 7.05 Å². The lowest BCUT2D eigenvalue weighted by atomic mass is 10.1. The maximum atomic E-state index is 12.4. The molecule has 2 aromatic carbocycles. The number of quaternary nitrogens is 1. The summed E-state index contributed by atoms with van der Waals surface area (Å²) in [6.07, 6.45) is 0. The van der Waals surface area contributed by atoms with Crippen LogP contribution in [0.5, 0.6) is 0 Å². The second-order valence-electron chi connectivity index (χ2n) is 6.97. The second kappa shape index (κ2) is 9.53. The minimum absolute atomic E-state index is 0.0198. The van der Waals surface area contributed by atoms with Gasteiger partial charge >= 0.3 is 0 Å². The molecule has 0 spiro atoms. The number of nitrogens with zero attached hydrogens (tertiary/aromatic N) is 1. The van der Waals surface area contributed by atoms with Crippen molar-refractivity contribution in [2.24, 2.45) is 0 Å². The predicted octanol–water partition coefficient (Wildman–Crippen LogP) is 2.07. The average molecular weight is 389 g/mol. The third-order valence-electron chi connectivity index (χ3n) is 4.46. The number of rotatable bonds is 7. The van der Waals surface area contributed by atoms with E-state index in [2.05, 4.69) is 5.32 Å². The zero-order valence-electron chi connectivity index (χ0n) is 16.3. The van der Waals surface area contributed by atoms with Crippen LogP contribution in [0.4, 0.5) is 5.69 Å². The third kappa shape index (κ3) is 6.08. The van der Waals surface area contributed by atoms with Gasteiger partial charge in [0, 0.05) is 23.3 Å². The Hall–Kier alpha value is -2.37. The first kappa shape index (κ1) is 20.9. The van der Waals surface area contributed by atoms with Crippen LogP contribution in [-0.2, 0) is 16.1 Å². The summed E-state index contributed by atoms with van der Waals surface area (Å²) in [4.78, 5) is 27.2. The fourth-order valence-electron chi connectivity index (χ4n) is 2.92. The van der Waals surface area contributed by atoms with E-state index >= 15 is 0 Å². The number of hydrogen-bond acceptors (Lipinski definition) is 2. The molecule has 2 aromatic rings. The molecule has 0 bridgehead atoms. The molecule has 2 rings (SSSR count). The van der Waals surface area contributed by atoms with Gasteiger partial charge in [-0.05, 0) is 31.0 Å². The van der Waals surface area contributed by atoms with Crippen LogP contribution in [0.25, 0.3) is 0 Å². The summed E-state index contributed by atoms with van der Waals surface area (Å²) in [5.74, 6) is -0.289. The van der Waals surface area contributed by atoms with Crippen molar-refractivity contribution >= 4 is 29.1 Å². The van der Waals surface area contributed by atoms with E-state index in [-0.39, 0.29) is 18.4 Å². The third-order valence-corrected chi connectivity index (χ3v) is 4.82. The number of hydrogen-bond donors (Lipinski definition) is 2. The molecule has 0 aliphatic carbocycles. The first-order valence-corrected chi connectivity index (χ1v) is 9.30. The number of carbonyl (C=O) groups is 2. The lowest BCUT2D eigenvalue weighted by Crippen LogP contribution is -3.08. The average Bonchev–Trinajstić information content (AvgIpc) is 2.60. The second-order valence-corrected chi connectivity index (χ2v) is 7.37. The molecule has 0 aliphatic rings. The summed E-state index contributed by atoms with van der Waals surface area (Å²) in [6.45, 7) is 4.85. The van der Waals surface area contributed by atoms with Crippen molar-refractivity contribution in [1.82, 2.24) is 4.90 Å². The number of halogens is 1. The number of aryl methyl sites for hydroxylation is 2. The summed E-state index contributed by atoms with van der Waals surface area (Å²) in [5.41, 5.74) is 3.81. The Morgan fingerprint density at radius 2 is 1.70 bits per heavy atom. The minimum Gasteiger partial charge on any atom is -0.332 e. The normalized spacial score (nSPS) is 11.7. The van der Waals surface area contributed by atoms with Gasteiger partial charge in [0.05, 0.1) is 13.6 Å². The van der Waals surface area contributed by atoms with Crippen molar-refractivity contribution in [1.29, 1.82) is 0 Å². The van der Waals surface area contributed by atoms with Gasteiger partial charge in [0.1, 0.15) is 6.54 Å². The summed E-state index contributed by atoms with van der Waals surface area (Å²) < 4.78 is 0. The van der Waals surface area contributed by atoms with Gasteiger partial charge in [0.2, 0.25) is 5.91 Å². The highest BCUT2D eigenvalue weighted by molar-refractivity contribution is 6.31. The van der Waals surface area contributed by atoms with Gasteiger partial charge in [-0.3, -0.25) is 9.59 Å². The molecule has 0 radical (unpaired) electrons. The molecule has 5 nitrogen and oxygen atoms in total. The Bertz CT molecular complexity index is 803. The van der Waals surface area contributed by atoms with Gasteiger partial charge in [-0.15, -0.1) is 0 Å². The van der Waals surface area contributed by atoms with Crippen LogP contribution < -0.4 is 10.2 Å². The summed E-state index contributed by atoms with van der Waals surface area (Å²) in [6, 6.07) is 13.5. The van der Waals surface area contributed by atoms with Crippen molar-refractivity contribution in [3.8, 4) is 0 Å². The molecular formula is C21H27ClN3O2+. The van der Waals surface area contributed by atoms with Crippen molar-refractivity contribution in [2.75, 3.05) is 32.5 Å². The Labute approximate surface area is 165 Å². The van der Waals surface area contributed by atoms with Crippen LogP contribution >= 0.6 is 11.6 Å². The molecule has 0 fully saturated rings. The quantitative estimate of drug-likeness (QED) is 0.763. The first-order valence-electron chi connectivity index (χ1n) is 8.92. The van der Waals surface area contributed by atoms with E-state index in [9.17, 15) is 9.59 Å². The van der Waals surface area contributed by atoms with E-state index < -0.39 is 0 Å². The molecule has 0 aromatic heterocycles. The van der Waals surface area contributed by atoms with Crippen molar-refractivity contribution < 1.29 is 14.5 Å². The van der Waals surface area contributed by atoms with Crippen molar-refractivity contribution in [3.05, 3.63) is 64.2 Å². The van der Waals surface area contributed by atoms with E-state index in [1.165, 1.54) is 4.90 Å². The maximum Gasteiger partial charge on any atom is 0.277 e. The monoisotopic (exact) mass is 388 g/mol. The van der Waals surface area contributed by atoms with E-state index in [0.29, 0.717) is 18.1 Å². The van der Waals surface area contributed by atoms with E-state index in [4.69, 9.17) is 11.6 Å². The number of benzene rings is 2. The summed E-state index contributed by atoms with van der Waals surface area (Å²) in [5, 5.41) is 3.61. The Morgan fingerprint density at radius 3 is 2.33 bits per heavy atom. The number of likely N-dealkylation sites (N-methyl/N-ethyl adjacent to an activating group) is 2. The van der Waals surface area contributed by atoms with Gasteiger partial charge in [-0.25, -0.2) is 0 Å². The van der Waals surface area contributed by atoms with Gasteiger partial charge in [0.25, 0.3) is 5.91 Å². The molecule has 1 unspecified atom stereocenters. The smallest absolute Gasteiger partial charge is 0.277 e. The van der Waals surface area contributed by atoms with Crippen LogP contribution in [0, 0.1) is 13.8 Å².